The van der Waals surface area contributed by atoms with Gasteiger partial charge in [-0.1, -0.05) is 13.8 Å². The fourth-order valence-corrected chi connectivity index (χ4v) is 1.50. The van der Waals surface area contributed by atoms with Crippen molar-refractivity contribution in [2.45, 2.75) is 33.1 Å². The third kappa shape index (κ3) is 3.36. The van der Waals surface area contributed by atoms with Gasteiger partial charge in [-0.15, -0.1) is 0 Å². The number of rotatable bonds is 4. The van der Waals surface area contributed by atoms with Gasteiger partial charge < -0.3 is 4.90 Å². The Kier molecular flexibility index (Phi) is 3.92. The maximum absolute atomic E-state index is 11.3. The van der Waals surface area contributed by atoms with Crippen molar-refractivity contribution in [2.24, 2.45) is 5.92 Å². The summed E-state index contributed by atoms with van der Waals surface area (Å²) in [6.07, 6.45) is 2.57. The van der Waals surface area contributed by atoms with E-state index in [2.05, 4.69) is 19.2 Å². The lowest BCUT2D eigenvalue weighted by Crippen LogP contribution is -2.49. The molecule has 0 bridgehead atoms. The number of urea groups is 1. The Hall–Kier alpha value is -1.06. The number of amides is 3. The van der Waals surface area contributed by atoms with E-state index in [1.165, 1.54) is 0 Å². The van der Waals surface area contributed by atoms with Crippen LogP contribution in [0.4, 0.5) is 4.79 Å². The summed E-state index contributed by atoms with van der Waals surface area (Å²) < 4.78 is 0. The van der Waals surface area contributed by atoms with Gasteiger partial charge in [-0.25, -0.2) is 4.79 Å². The molecule has 4 heteroatoms. The number of imide groups is 1. The molecule has 1 rings (SSSR count). The lowest BCUT2D eigenvalue weighted by molar-refractivity contribution is -0.121. The van der Waals surface area contributed by atoms with Crippen LogP contribution in [0.1, 0.15) is 33.1 Å². The summed E-state index contributed by atoms with van der Waals surface area (Å²) in [6, 6.07) is -0.231. The van der Waals surface area contributed by atoms with Crippen molar-refractivity contribution in [1.29, 1.82) is 0 Å². The van der Waals surface area contributed by atoms with Crippen LogP contribution >= 0.6 is 0 Å². The third-order valence-corrected chi connectivity index (χ3v) is 2.35. The van der Waals surface area contributed by atoms with Crippen LogP contribution in [-0.2, 0) is 4.79 Å². The topological polar surface area (TPSA) is 49.4 Å². The number of hydrogen-bond donors (Lipinski definition) is 1. The van der Waals surface area contributed by atoms with E-state index in [-0.39, 0.29) is 11.9 Å². The molecule has 0 unspecified atom stereocenters. The van der Waals surface area contributed by atoms with Crippen LogP contribution in [0.3, 0.4) is 0 Å². The lowest BCUT2D eigenvalue weighted by atomic mass is 10.1. The third-order valence-electron chi connectivity index (χ3n) is 2.35. The molecule has 0 atom stereocenters. The molecule has 1 aliphatic heterocycles. The second-order valence-electron chi connectivity index (χ2n) is 4.13. The molecular formula is C10H18N2O2. The van der Waals surface area contributed by atoms with Crippen molar-refractivity contribution in [2.75, 3.05) is 13.1 Å². The van der Waals surface area contributed by atoms with Gasteiger partial charge >= 0.3 is 6.03 Å². The molecule has 1 fully saturated rings. The van der Waals surface area contributed by atoms with E-state index in [1.54, 1.807) is 4.90 Å². The van der Waals surface area contributed by atoms with E-state index < -0.39 is 0 Å². The molecule has 3 amide bonds. The van der Waals surface area contributed by atoms with Crippen LogP contribution in [0.2, 0.25) is 0 Å². The molecule has 1 heterocycles. The van der Waals surface area contributed by atoms with Crippen LogP contribution in [0, 0.1) is 5.92 Å². The molecule has 0 aromatic carbocycles. The monoisotopic (exact) mass is 198 g/mol. The van der Waals surface area contributed by atoms with Crippen molar-refractivity contribution in [1.82, 2.24) is 10.2 Å². The summed E-state index contributed by atoms with van der Waals surface area (Å²) in [5.41, 5.74) is 0. The highest BCUT2D eigenvalue weighted by Gasteiger charge is 2.21. The molecule has 80 valence electrons. The zero-order chi connectivity index (χ0) is 10.6. The summed E-state index contributed by atoms with van der Waals surface area (Å²) in [7, 11) is 0. The van der Waals surface area contributed by atoms with E-state index >= 15 is 0 Å². The van der Waals surface area contributed by atoms with Gasteiger partial charge in [0, 0.05) is 19.5 Å². The average molecular weight is 198 g/mol. The quantitative estimate of drug-likeness (QED) is 0.741. The standard InChI is InChI=1S/C10H18N2O2/c1-8(2)4-3-6-12-7-5-9(13)11-10(12)14/h8H,3-7H2,1-2H3,(H,11,13,14). The molecule has 0 radical (unpaired) electrons. The summed E-state index contributed by atoms with van der Waals surface area (Å²) in [4.78, 5) is 23.8. The van der Waals surface area contributed by atoms with Crippen LogP contribution in [-0.4, -0.2) is 29.9 Å². The molecule has 0 aliphatic carbocycles. The summed E-state index contributed by atoms with van der Waals surface area (Å²) in [5, 5.41) is 2.32. The highest BCUT2D eigenvalue weighted by molar-refractivity contribution is 5.96. The Balaban J connectivity index is 2.24. The van der Waals surface area contributed by atoms with Crippen LogP contribution < -0.4 is 5.32 Å². The smallest absolute Gasteiger partial charge is 0.324 e. The first-order valence-corrected chi connectivity index (χ1v) is 5.18. The minimum absolute atomic E-state index is 0.157. The predicted molar refractivity (Wildman–Crippen MR) is 53.8 cm³/mol. The zero-order valence-corrected chi connectivity index (χ0v) is 8.88. The maximum atomic E-state index is 11.3. The van der Waals surface area contributed by atoms with E-state index in [0.29, 0.717) is 18.9 Å². The Bertz CT molecular complexity index is 226. The Morgan fingerprint density at radius 1 is 1.43 bits per heavy atom. The summed E-state index contributed by atoms with van der Waals surface area (Å²) in [5.74, 6) is 0.514. The minimum atomic E-state index is -0.231. The minimum Gasteiger partial charge on any atom is -0.324 e. The first-order chi connectivity index (χ1) is 6.59. The molecule has 0 spiro atoms. The van der Waals surface area contributed by atoms with Crippen molar-refractivity contribution in [3.63, 3.8) is 0 Å². The molecule has 0 aromatic rings. The predicted octanol–water partition coefficient (Wildman–Crippen LogP) is 1.36. The van der Waals surface area contributed by atoms with Gasteiger partial charge in [0.05, 0.1) is 0 Å². The Morgan fingerprint density at radius 2 is 2.14 bits per heavy atom. The normalized spacial score (nSPS) is 17.5. The van der Waals surface area contributed by atoms with Crippen molar-refractivity contribution in [3.05, 3.63) is 0 Å². The van der Waals surface area contributed by atoms with E-state index in [0.717, 1.165) is 19.4 Å². The first kappa shape index (κ1) is 11.0. The van der Waals surface area contributed by atoms with Crippen LogP contribution in [0.15, 0.2) is 0 Å². The number of hydrogen-bond acceptors (Lipinski definition) is 2. The van der Waals surface area contributed by atoms with Gasteiger partial charge in [-0.2, -0.15) is 0 Å². The number of nitrogens with one attached hydrogen (secondary N) is 1. The van der Waals surface area contributed by atoms with Gasteiger partial charge in [0.1, 0.15) is 0 Å². The van der Waals surface area contributed by atoms with Crippen molar-refractivity contribution < 1.29 is 9.59 Å². The van der Waals surface area contributed by atoms with E-state index in [4.69, 9.17) is 0 Å². The molecule has 14 heavy (non-hydrogen) atoms. The van der Waals surface area contributed by atoms with E-state index in [9.17, 15) is 9.59 Å². The SMILES string of the molecule is CC(C)CCCN1CCC(=O)NC1=O. The molecule has 1 saturated heterocycles. The van der Waals surface area contributed by atoms with Gasteiger partial charge in [-0.05, 0) is 18.8 Å². The second-order valence-corrected chi connectivity index (χ2v) is 4.13. The average Bonchev–Trinajstić information content (AvgIpc) is 2.08. The summed E-state index contributed by atoms with van der Waals surface area (Å²) >= 11 is 0. The largest absolute Gasteiger partial charge is 0.324 e. The highest BCUT2D eigenvalue weighted by Crippen LogP contribution is 2.07. The van der Waals surface area contributed by atoms with Gasteiger partial charge in [0.25, 0.3) is 0 Å². The van der Waals surface area contributed by atoms with Crippen molar-refractivity contribution >= 4 is 11.9 Å². The molecular weight excluding hydrogens is 180 g/mol. The van der Waals surface area contributed by atoms with Crippen LogP contribution in [0.25, 0.3) is 0 Å². The summed E-state index contributed by atoms with van der Waals surface area (Å²) in [6.45, 7) is 5.67. The highest BCUT2D eigenvalue weighted by atomic mass is 16.2. The van der Waals surface area contributed by atoms with Gasteiger partial charge in [0.15, 0.2) is 0 Å². The first-order valence-electron chi connectivity index (χ1n) is 5.18. The fraction of sp³-hybridized carbons (Fsp3) is 0.800. The second kappa shape index (κ2) is 4.98. The van der Waals surface area contributed by atoms with Gasteiger partial charge in [0.2, 0.25) is 5.91 Å². The Morgan fingerprint density at radius 3 is 2.71 bits per heavy atom. The zero-order valence-electron chi connectivity index (χ0n) is 8.88. The molecule has 0 aromatic heterocycles. The Labute approximate surface area is 84.7 Å². The maximum Gasteiger partial charge on any atom is 0.324 e. The van der Waals surface area contributed by atoms with Crippen molar-refractivity contribution in [3.8, 4) is 0 Å². The number of carbonyl (C=O) groups excluding carboxylic acids is 2. The molecule has 1 N–H and O–H groups in total. The molecule has 1 aliphatic rings. The lowest BCUT2D eigenvalue weighted by Gasteiger charge is -2.26. The number of nitrogens with zero attached hydrogens (tertiary/aromatic N) is 1. The molecule has 0 saturated carbocycles. The van der Waals surface area contributed by atoms with Crippen LogP contribution in [0.5, 0.6) is 0 Å². The van der Waals surface area contributed by atoms with E-state index in [1.807, 2.05) is 0 Å². The van der Waals surface area contributed by atoms with Gasteiger partial charge in [-0.3, -0.25) is 10.1 Å². The number of carbonyl (C=O) groups is 2. The molecule has 4 nitrogen and oxygen atoms in total. The fourth-order valence-electron chi connectivity index (χ4n) is 1.50.